The maximum Gasteiger partial charge on any atom is 0.155 e. The third-order valence-corrected chi connectivity index (χ3v) is 3.76. The van der Waals surface area contributed by atoms with Crippen molar-refractivity contribution in [2.45, 2.75) is 13.5 Å². The van der Waals surface area contributed by atoms with Crippen molar-refractivity contribution >= 4 is 27.3 Å². The van der Waals surface area contributed by atoms with Crippen molar-refractivity contribution in [1.29, 1.82) is 0 Å². The minimum atomic E-state index is 0.681. The number of ether oxygens (including phenoxy) is 1. The number of aryl methyl sites for hydroxylation is 1. The van der Waals surface area contributed by atoms with Crippen LogP contribution in [0.25, 0.3) is 5.65 Å². The Morgan fingerprint density at radius 1 is 1.33 bits per heavy atom. The number of halogens is 1. The quantitative estimate of drug-likeness (QED) is 0.786. The van der Waals surface area contributed by atoms with Gasteiger partial charge >= 0.3 is 0 Å². The summed E-state index contributed by atoms with van der Waals surface area (Å²) in [6.45, 7) is 2.64. The standard InChI is InChI=1S/C15H15BrN4O/c1-10-5-15-18-8-11(9-20(15)19-10)7-17-12-3-4-14(21-2)13(16)6-12/h3-6,8-9,17H,7H2,1-2H3. The van der Waals surface area contributed by atoms with Crippen molar-refractivity contribution in [3.8, 4) is 5.75 Å². The average molecular weight is 347 g/mol. The van der Waals surface area contributed by atoms with Crippen LogP contribution in [-0.4, -0.2) is 21.7 Å². The highest BCUT2D eigenvalue weighted by Crippen LogP contribution is 2.27. The van der Waals surface area contributed by atoms with E-state index in [0.717, 1.165) is 32.8 Å². The highest BCUT2D eigenvalue weighted by molar-refractivity contribution is 9.10. The van der Waals surface area contributed by atoms with Crippen LogP contribution in [0.5, 0.6) is 5.75 Å². The van der Waals surface area contributed by atoms with Crippen LogP contribution < -0.4 is 10.1 Å². The topological polar surface area (TPSA) is 51.5 Å². The second kappa shape index (κ2) is 5.73. The predicted octanol–water partition coefficient (Wildman–Crippen LogP) is 3.42. The van der Waals surface area contributed by atoms with Crippen molar-refractivity contribution in [2.24, 2.45) is 0 Å². The summed E-state index contributed by atoms with van der Waals surface area (Å²) in [5.74, 6) is 0.815. The summed E-state index contributed by atoms with van der Waals surface area (Å²) in [4.78, 5) is 4.39. The van der Waals surface area contributed by atoms with Crippen LogP contribution in [0.3, 0.4) is 0 Å². The Bertz CT molecular complexity index is 784. The Morgan fingerprint density at radius 2 is 2.19 bits per heavy atom. The summed E-state index contributed by atoms with van der Waals surface area (Å²) in [6, 6.07) is 7.85. The Kier molecular flexibility index (Phi) is 3.79. The molecule has 0 unspecified atom stereocenters. The number of hydrogen-bond acceptors (Lipinski definition) is 4. The number of hydrogen-bond donors (Lipinski definition) is 1. The number of benzene rings is 1. The zero-order chi connectivity index (χ0) is 14.8. The van der Waals surface area contributed by atoms with Gasteiger partial charge < -0.3 is 10.1 Å². The first kappa shape index (κ1) is 13.9. The van der Waals surface area contributed by atoms with E-state index in [2.05, 4.69) is 31.3 Å². The molecule has 2 aromatic heterocycles. The zero-order valence-corrected chi connectivity index (χ0v) is 13.4. The number of nitrogens with one attached hydrogen (secondary N) is 1. The van der Waals surface area contributed by atoms with Crippen LogP contribution in [0.4, 0.5) is 5.69 Å². The number of methoxy groups -OCH3 is 1. The molecule has 0 atom stereocenters. The van der Waals surface area contributed by atoms with Gasteiger partial charge in [-0.3, -0.25) is 0 Å². The molecule has 0 amide bonds. The molecule has 108 valence electrons. The molecule has 2 heterocycles. The zero-order valence-electron chi connectivity index (χ0n) is 11.8. The summed E-state index contributed by atoms with van der Waals surface area (Å²) in [6.07, 6.45) is 3.85. The largest absolute Gasteiger partial charge is 0.496 e. The highest BCUT2D eigenvalue weighted by Gasteiger charge is 2.03. The summed E-state index contributed by atoms with van der Waals surface area (Å²) in [5, 5.41) is 7.73. The average Bonchev–Trinajstić information content (AvgIpc) is 2.84. The summed E-state index contributed by atoms with van der Waals surface area (Å²) in [7, 11) is 1.65. The van der Waals surface area contributed by atoms with Crippen molar-refractivity contribution in [3.05, 3.63) is 52.4 Å². The Labute approximate surface area is 131 Å². The fourth-order valence-corrected chi connectivity index (χ4v) is 2.65. The Hall–Kier alpha value is -2.08. The van der Waals surface area contributed by atoms with Gasteiger partial charge in [-0.15, -0.1) is 0 Å². The van der Waals surface area contributed by atoms with E-state index in [9.17, 15) is 0 Å². The number of aromatic nitrogens is 3. The van der Waals surface area contributed by atoms with Crippen LogP contribution in [0.2, 0.25) is 0 Å². The third-order valence-electron chi connectivity index (χ3n) is 3.14. The number of nitrogens with zero attached hydrogens (tertiary/aromatic N) is 3. The molecule has 3 aromatic rings. The van der Waals surface area contributed by atoms with Crippen LogP contribution in [0.1, 0.15) is 11.3 Å². The van der Waals surface area contributed by atoms with Gasteiger partial charge in [-0.1, -0.05) is 0 Å². The first-order valence-corrected chi connectivity index (χ1v) is 7.33. The van der Waals surface area contributed by atoms with Crippen molar-refractivity contribution in [1.82, 2.24) is 14.6 Å². The van der Waals surface area contributed by atoms with Crippen molar-refractivity contribution in [2.75, 3.05) is 12.4 Å². The van der Waals surface area contributed by atoms with Crippen LogP contribution >= 0.6 is 15.9 Å². The van der Waals surface area contributed by atoms with E-state index in [1.54, 1.807) is 11.6 Å². The molecule has 1 N–H and O–H groups in total. The molecule has 0 aliphatic carbocycles. The molecule has 0 fully saturated rings. The lowest BCUT2D eigenvalue weighted by atomic mass is 10.2. The van der Waals surface area contributed by atoms with E-state index >= 15 is 0 Å². The lowest BCUT2D eigenvalue weighted by molar-refractivity contribution is 0.412. The molecule has 0 radical (unpaired) electrons. The molecule has 0 saturated heterocycles. The monoisotopic (exact) mass is 346 g/mol. The molecule has 5 nitrogen and oxygen atoms in total. The van der Waals surface area contributed by atoms with Crippen LogP contribution in [0.15, 0.2) is 41.1 Å². The van der Waals surface area contributed by atoms with Gasteiger partial charge in [-0.05, 0) is 41.1 Å². The van der Waals surface area contributed by atoms with Gasteiger partial charge in [-0.2, -0.15) is 5.10 Å². The predicted molar refractivity (Wildman–Crippen MR) is 85.7 cm³/mol. The minimum Gasteiger partial charge on any atom is -0.496 e. The van der Waals surface area contributed by atoms with Crippen molar-refractivity contribution < 1.29 is 4.74 Å². The number of anilines is 1. The van der Waals surface area contributed by atoms with E-state index < -0.39 is 0 Å². The maximum atomic E-state index is 5.22. The van der Waals surface area contributed by atoms with Gasteiger partial charge in [0.2, 0.25) is 0 Å². The van der Waals surface area contributed by atoms with Crippen LogP contribution in [0, 0.1) is 6.92 Å². The molecule has 0 bridgehead atoms. The molecule has 21 heavy (non-hydrogen) atoms. The van der Waals surface area contributed by atoms with Gasteiger partial charge in [-0.25, -0.2) is 9.50 Å². The number of fused-ring (bicyclic) bond motifs is 1. The van der Waals surface area contributed by atoms with Gasteiger partial charge in [0, 0.05) is 36.3 Å². The first-order chi connectivity index (χ1) is 10.2. The minimum absolute atomic E-state index is 0.681. The lowest BCUT2D eigenvalue weighted by Gasteiger charge is -2.09. The molecule has 0 saturated carbocycles. The Morgan fingerprint density at radius 3 is 2.95 bits per heavy atom. The third kappa shape index (κ3) is 3.00. The normalized spacial score (nSPS) is 10.8. The fourth-order valence-electron chi connectivity index (χ4n) is 2.11. The van der Waals surface area contributed by atoms with E-state index in [0.29, 0.717) is 6.54 Å². The van der Waals surface area contributed by atoms with Crippen LogP contribution in [-0.2, 0) is 6.54 Å². The molecule has 3 rings (SSSR count). The number of rotatable bonds is 4. The molecular weight excluding hydrogens is 332 g/mol. The lowest BCUT2D eigenvalue weighted by Crippen LogP contribution is -2.02. The fraction of sp³-hybridized carbons (Fsp3) is 0.200. The highest BCUT2D eigenvalue weighted by atomic mass is 79.9. The summed E-state index contributed by atoms with van der Waals surface area (Å²) >= 11 is 3.48. The molecule has 0 aliphatic heterocycles. The van der Waals surface area contributed by atoms with Gasteiger partial charge in [0.05, 0.1) is 17.3 Å². The Balaban J connectivity index is 1.75. The van der Waals surface area contributed by atoms with E-state index in [1.807, 2.05) is 43.6 Å². The first-order valence-electron chi connectivity index (χ1n) is 6.54. The molecule has 0 spiro atoms. The SMILES string of the molecule is COc1ccc(NCc2cnc3cc(C)nn3c2)cc1Br. The molecular formula is C15H15BrN4O. The van der Waals surface area contributed by atoms with E-state index in [-0.39, 0.29) is 0 Å². The maximum absolute atomic E-state index is 5.22. The summed E-state index contributed by atoms with van der Waals surface area (Å²) < 4.78 is 7.94. The van der Waals surface area contributed by atoms with E-state index in [4.69, 9.17) is 4.74 Å². The summed E-state index contributed by atoms with van der Waals surface area (Å²) in [5.41, 5.74) is 3.91. The molecule has 6 heteroatoms. The van der Waals surface area contributed by atoms with Crippen molar-refractivity contribution in [3.63, 3.8) is 0 Å². The second-order valence-corrected chi connectivity index (χ2v) is 5.61. The van der Waals surface area contributed by atoms with E-state index in [1.165, 1.54) is 0 Å². The van der Waals surface area contributed by atoms with Gasteiger partial charge in [0.15, 0.2) is 5.65 Å². The molecule has 0 aliphatic rings. The molecule has 1 aromatic carbocycles. The van der Waals surface area contributed by atoms with Gasteiger partial charge in [0.1, 0.15) is 5.75 Å². The smallest absolute Gasteiger partial charge is 0.155 e. The second-order valence-electron chi connectivity index (χ2n) is 4.75. The van der Waals surface area contributed by atoms with Gasteiger partial charge in [0.25, 0.3) is 0 Å².